The highest BCUT2D eigenvalue weighted by Gasteiger charge is 2.30. The first-order valence-electron chi connectivity index (χ1n) is 37.5. The van der Waals surface area contributed by atoms with E-state index in [1.54, 1.807) is 0 Å². The summed E-state index contributed by atoms with van der Waals surface area (Å²) in [7, 11) is -9.91. The lowest BCUT2D eigenvalue weighted by molar-refractivity contribution is -0.161. The fourth-order valence-corrected chi connectivity index (χ4v) is 12.2. The van der Waals surface area contributed by atoms with Crippen LogP contribution in [-0.2, 0) is 65.4 Å². The van der Waals surface area contributed by atoms with Crippen LogP contribution in [0, 0.1) is 5.92 Å². The molecule has 0 saturated carbocycles. The molecular weight excluding hydrogens is 1210 g/mol. The largest absolute Gasteiger partial charge is 0.472 e. The summed E-state index contributed by atoms with van der Waals surface area (Å²) in [6.07, 6.45) is 56.4. The second-order valence-corrected chi connectivity index (χ2v) is 29.0. The summed E-state index contributed by atoms with van der Waals surface area (Å²) < 4.78 is 68.3. The maximum Gasteiger partial charge on any atom is 0.472 e. The molecule has 542 valence electrons. The van der Waals surface area contributed by atoms with Crippen LogP contribution >= 0.6 is 15.6 Å². The van der Waals surface area contributed by atoms with Gasteiger partial charge in [0.2, 0.25) is 0 Å². The number of allylic oxidation sites excluding steroid dienone is 4. The molecule has 0 heterocycles. The summed E-state index contributed by atoms with van der Waals surface area (Å²) in [6.45, 7) is 7.15. The predicted octanol–water partition coefficient (Wildman–Crippen LogP) is 20.9. The molecule has 19 heteroatoms. The van der Waals surface area contributed by atoms with Gasteiger partial charge in [-0.05, 0) is 57.3 Å². The lowest BCUT2D eigenvalue weighted by Gasteiger charge is -2.21. The van der Waals surface area contributed by atoms with Gasteiger partial charge in [0.15, 0.2) is 12.2 Å². The monoisotopic (exact) mass is 1350 g/mol. The van der Waals surface area contributed by atoms with Gasteiger partial charge in [0, 0.05) is 25.7 Å². The molecule has 0 saturated heterocycles. The number of carbonyl (C=O) groups is 4. The summed E-state index contributed by atoms with van der Waals surface area (Å²) in [5.74, 6) is -1.42. The summed E-state index contributed by atoms with van der Waals surface area (Å²) in [6, 6.07) is 0. The van der Waals surface area contributed by atoms with Gasteiger partial charge in [0.05, 0.1) is 26.4 Å². The van der Waals surface area contributed by atoms with Crippen LogP contribution in [0.5, 0.6) is 0 Å². The van der Waals surface area contributed by atoms with Crippen molar-refractivity contribution in [3.8, 4) is 0 Å². The summed E-state index contributed by atoms with van der Waals surface area (Å²) >= 11 is 0. The van der Waals surface area contributed by atoms with Crippen molar-refractivity contribution in [3.05, 3.63) is 24.3 Å². The zero-order valence-corrected chi connectivity index (χ0v) is 61.0. The standard InChI is InChI=1S/C73H138O17P2/c1-6-9-12-15-18-21-23-25-27-28-30-32-34-38-43-48-53-58-72(77)89-69(63-84-71(76)57-52-47-42-37-33-31-29-26-24-22-19-16-13-10-7-2)65-88-92(81,82)86-61-67(74)60-85-91(79,80)87-64-68(62-83-70(75)56-51-46-41-20-17-14-11-8-3)90-73(78)59-54-49-44-39-35-36-40-45-50-55-66(4)5/h22,24,26,29,66-69,74H,6-21,23,25,27-28,30-65H2,1-5H3,(H,79,80)(H,81,82)/b24-22-,29-26-/t67-,68+,69+/m0/s1. The number of unbranched alkanes of at least 4 members (excludes halogenated alkanes) is 40. The molecule has 0 aromatic heterocycles. The third-order valence-corrected chi connectivity index (χ3v) is 18.3. The van der Waals surface area contributed by atoms with Crippen molar-refractivity contribution < 1.29 is 80.2 Å². The molecule has 5 atom stereocenters. The van der Waals surface area contributed by atoms with E-state index in [4.69, 9.17) is 37.0 Å². The van der Waals surface area contributed by atoms with E-state index in [-0.39, 0.29) is 25.7 Å². The minimum absolute atomic E-state index is 0.102. The first-order chi connectivity index (χ1) is 44.5. The number of hydrogen-bond donors (Lipinski definition) is 3. The Bertz CT molecular complexity index is 1860. The van der Waals surface area contributed by atoms with Gasteiger partial charge in [0.1, 0.15) is 19.3 Å². The number of ether oxygens (including phenoxy) is 4. The summed E-state index contributed by atoms with van der Waals surface area (Å²) in [4.78, 5) is 72.6. The molecule has 0 aliphatic rings. The average molecular weight is 1350 g/mol. The minimum atomic E-state index is -4.96. The molecule has 0 bridgehead atoms. The molecule has 2 unspecified atom stereocenters. The highest BCUT2D eigenvalue weighted by molar-refractivity contribution is 7.47. The number of hydrogen-bond acceptors (Lipinski definition) is 15. The quantitative estimate of drug-likeness (QED) is 0.0169. The second-order valence-electron chi connectivity index (χ2n) is 26.1. The van der Waals surface area contributed by atoms with Gasteiger partial charge in [-0.1, -0.05) is 303 Å². The SMILES string of the molecule is CCCCCC/C=C\C=C/CCCCCCCC(=O)OC[C@H](COP(=O)(O)OC[C@@H](O)COP(=O)(O)OC[C@@H](COC(=O)CCCCCCCCCC)OC(=O)CCCCCCCCCCCC(C)C)OC(=O)CCCCCCCCCCCCCCCCCCC. The zero-order chi connectivity index (χ0) is 67.7. The van der Waals surface area contributed by atoms with Crippen LogP contribution in [0.1, 0.15) is 356 Å². The highest BCUT2D eigenvalue weighted by atomic mass is 31.2. The molecule has 0 aliphatic heterocycles. The molecule has 0 fully saturated rings. The normalized spacial score (nSPS) is 14.2. The number of phosphoric ester groups is 2. The van der Waals surface area contributed by atoms with Crippen LogP contribution in [0.15, 0.2) is 24.3 Å². The molecule has 92 heavy (non-hydrogen) atoms. The van der Waals surface area contributed by atoms with Gasteiger partial charge >= 0.3 is 39.5 Å². The summed E-state index contributed by atoms with van der Waals surface area (Å²) in [5, 5.41) is 10.6. The number of esters is 4. The lowest BCUT2D eigenvalue weighted by Crippen LogP contribution is -2.30. The molecule has 0 rings (SSSR count). The van der Waals surface area contributed by atoms with Crippen LogP contribution in [0.4, 0.5) is 0 Å². The van der Waals surface area contributed by atoms with Crippen LogP contribution in [0.3, 0.4) is 0 Å². The first kappa shape index (κ1) is 89.5. The lowest BCUT2D eigenvalue weighted by atomic mass is 10.0. The Labute approximate surface area is 561 Å². The van der Waals surface area contributed by atoms with Crippen molar-refractivity contribution in [1.29, 1.82) is 0 Å². The van der Waals surface area contributed by atoms with Crippen LogP contribution in [-0.4, -0.2) is 96.7 Å². The van der Waals surface area contributed by atoms with Gasteiger partial charge < -0.3 is 33.8 Å². The highest BCUT2D eigenvalue weighted by Crippen LogP contribution is 2.45. The second kappa shape index (κ2) is 65.8. The topological polar surface area (TPSA) is 237 Å². The molecule has 0 amide bonds. The summed E-state index contributed by atoms with van der Waals surface area (Å²) in [5.41, 5.74) is 0. The van der Waals surface area contributed by atoms with Crippen molar-refractivity contribution in [2.45, 2.75) is 374 Å². The maximum absolute atomic E-state index is 13.0. The van der Waals surface area contributed by atoms with Gasteiger partial charge in [-0.25, -0.2) is 9.13 Å². The molecule has 0 radical (unpaired) electrons. The van der Waals surface area contributed by atoms with Crippen molar-refractivity contribution in [1.82, 2.24) is 0 Å². The van der Waals surface area contributed by atoms with Crippen molar-refractivity contribution in [3.63, 3.8) is 0 Å². The molecule has 0 aliphatic carbocycles. The average Bonchev–Trinajstić information content (AvgIpc) is 2.61. The van der Waals surface area contributed by atoms with Crippen LogP contribution in [0.2, 0.25) is 0 Å². The van der Waals surface area contributed by atoms with Gasteiger partial charge in [0.25, 0.3) is 0 Å². The Morgan fingerprint density at radius 3 is 0.891 bits per heavy atom. The third-order valence-electron chi connectivity index (χ3n) is 16.4. The number of aliphatic hydroxyl groups is 1. The van der Waals surface area contributed by atoms with E-state index in [1.807, 2.05) is 0 Å². The van der Waals surface area contributed by atoms with Gasteiger partial charge in [-0.2, -0.15) is 0 Å². The minimum Gasteiger partial charge on any atom is -0.462 e. The van der Waals surface area contributed by atoms with Crippen LogP contribution < -0.4 is 0 Å². The Hall–Kier alpha value is -2.46. The van der Waals surface area contributed by atoms with E-state index in [9.17, 15) is 43.2 Å². The predicted molar refractivity (Wildman–Crippen MR) is 372 cm³/mol. The molecule has 0 spiro atoms. The van der Waals surface area contributed by atoms with Crippen molar-refractivity contribution >= 4 is 39.5 Å². The smallest absolute Gasteiger partial charge is 0.462 e. The van der Waals surface area contributed by atoms with E-state index in [2.05, 4.69) is 58.9 Å². The van der Waals surface area contributed by atoms with E-state index in [0.717, 1.165) is 121 Å². The van der Waals surface area contributed by atoms with E-state index < -0.39 is 97.5 Å². The molecular formula is C73H138O17P2. The molecule has 0 aromatic rings. The first-order valence-corrected chi connectivity index (χ1v) is 40.4. The van der Waals surface area contributed by atoms with Gasteiger partial charge in [-0.3, -0.25) is 37.3 Å². The molecule has 0 aromatic carbocycles. The Kier molecular flexibility index (Phi) is 64.0. The van der Waals surface area contributed by atoms with Gasteiger partial charge in [-0.15, -0.1) is 0 Å². The number of carbonyl (C=O) groups excluding carboxylic acids is 4. The maximum atomic E-state index is 13.0. The Morgan fingerprint density at radius 2 is 0.587 bits per heavy atom. The number of phosphoric acid groups is 2. The fourth-order valence-electron chi connectivity index (χ4n) is 10.6. The Balaban J connectivity index is 5.25. The Morgan fingerprint density at radius 1 is 0.337 bits per heavy atom. The number of aliphatic hydroxyl groups excluding tert-OH is 1. The molecule has 17 nitrogen and oxygen atoms in total. The van der Waals surface area contributed by atoms with E-state index >= 15 is 0 Å². The van der Waals surface area contributed by atoms with Crippen LogP contribution in [0.25, 0.3) is 0 Å². The van der Waals surface area contributed by atoms with Crippen molar-refractivity contribution in [2.24, 2.45) is 5.92 Å². The number of rotatable bonds is 71. The molecule has 3 N–H and O–H groups in total. The van der Waals surface area contributed by atoms with E-state index in [0.29, 0.717) is 25.7 Å². The van der Waals surface area contributed by atoms with Crippen molar-refractivity contribution in [2.75, 3.05) is 39.6 Å². The van der Waals surface area contributed by atoms with E-state index in [1.165, 1.54) is 154 Å². The zero-order valence-electron chi connectivity index (χ0n) is 59.2. The third kappa shape index (κ3) is 66.2. The fraction of sp³-hybridized carbons (Fsp3) is 0.890.